The minimum absolute atomic E-state index is 0.352. The molecule has 0 N–H and O–H groups in total. The molecule has 0 spiro atoms. The first kappa shape index (κ1) is 36.7. The molecule has 0 aromatic carbocycles. The van der Waals surface area contributed by atoms with E-state index in [1.807, 2.05) is 83.1 Å². The molecule has 39 heavy (non-hydrogen) atoms. The summed E-state index contributed by atoms with van der Waals surface area (Å²) in [6.07, 6.45) is 11.3. The molecular weight excluding hydrogens is 500 g/mol. The van der Waals surface area contributed by atoms with E-state index in [9.17, 15) is 0 Å². The van der Waals surface area contributed by atoms with E-state index in [0.717, 1.165) is 44.9 Å². The lowest BCUT2D eigenvalue weighted by Gasteiger charge is -2.40. The van der Waals surface area contributed by atoms with Gasteiger partial charge in [0.25, 0.3) is 0 Å². The van der Waals surface area contributed by atoms with Gasteiger partial charge < -0.3 is 0 Å². The SMILES string of the molecule is CC(C)(C)OOC1(OOC(C)(C)C)CCCCC1.CCCC1CCCC(OOC(C)(C)C)(OOC(C)(C)C)C1. The highest BCUT2D eigenvalue weighted by atomic mass is 17.3. The van der Waals surface area contributed by atoms with Crippen LogP contribution in [0.2, 0.25) is 0 Å². The quantitative estimate of drug-likeness (QED) is 0.148. The molecule has 2 rings (SSSR count). The third-order valence-electron chi connectivity index (χ3n) is 5.86. The Hall–Kier alpha value is -0.320. The Labute approximate surface area is 239 Å². The summed E-state index contributed by atoms with van der Waals surface area (Å²) in [7, 11) is 0. The van der Waals surface area contributed by atoms with Gasteiger partial charge in [-0.05, 0) is 108 Å². The second kappa shape index (κ2) is 15.2. The fraction of sp³-hybridized carbons (Fsp3) is 1.00. The largest absolute Gasteiger partial charge is 0.234 e. The highest BCUT2D eigenvalue weighted by Crippen LogP contribution is 2.40. The van der Waals surface area contributed by atoms with E-state index < -0.39 is 11.6 Å². The summed E-state index contributed by atoms with van der Waals surface area (Å²) in [6.45, 7) is 25.8. The van der Waals surface area contributed by atoms with Crippen molar-refractivity contribution in [3.63, 3.8) is 0 Å². The topological polar surface area (TPSA) is 73.8 Å². The van der Waals surface area contributed by atoms with Crippen LogP contribution in [0.25, 0.3) is 0 Å². The molecule has 0 bridgehead atoms. The molecule has 0 amide bonds. The third-order valence-corrected chi connectivity index (χ3v) is 5.86. The van der Waals surface area contributed by atoms with E-state index in [4.69, 9.17) is 39.1 Å². The van der Waals surface area contributed by atoms with Gasteiger partial charge in [0.1, 0.15) is 0 Å². The van der Waals surface area contributed by atoms with Crippen LogP contribution < -0.4 is 0 Å². The summed E-state index contributed by atoms with van der Waals surface area (Å²) >= 11 is 0. The van der Waals surface area contributed by atoms with Crippen LogP contribution in [0.3, 0.4) is 0 Å². The van der Waals surface area contributed by atoms with Gasteiger partial charge in [-0.25, -0.2) is 19.6 Å². The van der Waals surface area contributed by atoms with Crippen molar-refractivity contribution in [3.8, 4) is 0 Å². The molecule has 1 atom stereocenters. The van der Waals surface area contributed by atoms with Gasteiger partial charge in [-0.15, -0.1) is 0 Å². The van der Waals surface area contributed by atoms with E-state index in [2.05, 4.69) is 6.92 Å². The van der Waals surface area contributed by atoms with Crippen LogP contribution in [0.4, 0.5) is 0 Å². The van der Waals surface area contributed by atoms with Crippen molar-refractivity contribution in [1.82, 2.24) is 0 Å². The van der Waals surface area contributed by atoms with Crippen LogP contribution >= 0.6 is 0 Å². The van der Waals surface area contributed by atoms with Gasteiger partial charge >= 0.3 is 0 Å². The van der Waals surface area contributed by atoms with Crippen LogP contribution in [-0.2, 0) is 39.1 Å². The smallest absolute Gasteiger partial charge is 0.228 e. The molecule has 0 aromatic heterocycles. The maximum atomic E-state index is 5.76. The van der Waals surface area contributed by atoms with Crippen molar-refractivity contribution in [1.29, 1.82) is 0 Å². The zero-order valence-corrected chi connectivity index (χ0v) is 27.6. The monoisotopic (exact) mass is 562 g/mol. The van der Waals surface area contributed by atoms with Gasteiger partial charge in [0.05, 0.1) is 22.4 Å². The van der Waals surface area contributed by atoms with Crippen LogP contribution in [0, 0.1) is 5.92 Å². The molecule has 8 nitrogen and oxygen atoms in total. The molecule has 234 valence electrons. The Bertz CT molecular complexity index is 620. The van der Waals surface area contributed by atoms with E-state index in [-0.39, 0.29) is 22.4 Å². The minimum atomic E-state index is -0.779. The van der Waals surface area contributed by atoms with E-state index in [1.54, 1.807) is 0 Å². The standard InChI is InChI=1S/C17H34O4.C14H28O4/c1-8-10-14-11-9-12-17(13-14,20-18-15(2,3)4)21-19-16(5,6)7;1-12(2,3)15-17-14(10-8-7-9-11-14)18-16-13(4,5)6/h14H,8-13H2,1-7H3;7-11H2,1-6H3. The molecule has 2 aliphatic carbocycles. The zero-order chi connectivity index (χ0) is 30.0. The summed E-state index contributed by atoms with van der Waals surface area (Å²) < 4.78 is 0. The molecule has 1 unspecified atom stereocenters. The molecule has 0 aliphatic heterocycles. The molecule has 2 saturated carbocycles. The molecule has 0 heterocycles. The highest BCUT2D eigenvalue weighted by Gasteiger charge is 2.43. The molecule has 0 aromatic rings. The van der Waals surface area contributed by atoms with Crippen LogP contribution in [-0.4, -0.2) is 34.0 Å². The molecular formula is C31H62O8. The lowest BCUT2D eigenvalue weighted by Crippen LogP contribution is -2.44. The summed E-state index contributed by atoms with van der Waals surface area (Å²) in [5, 5.41) is 0. The van der Waals surface area contributed by atoms with Gasteiger partial charge in [-0.3, -0.25) is 0 Å². The van der Waals surface area contributed by atoms with Crippen molar-refractivity contribution in [3.05, 3.63) is 0 Å². The first-order chi connectivity index (χ1) is 17.7. The van der Waals surface area contributed by atoms with Crippen LogP contribution in [0.1, 0.15) is 161 Å². The second-order valence-corrected chi connectivity index (χ2v) is 15.2. The maximum absolute atomic E-state index is 5.76. The van der Waals surface area contributed by atoms with Crippen LogP contribution in [0.5, 0.6) is 0 Å². The van der Waals surface area contributed by atoms with E-state index in [0.29, 0.717) is 5.92 Å². The normalized spacial score (nSPS) is 22.2. The average Bonchev–Trinajstić information content (AvgIpc) is 2.79. The fourth-order valence-electron chi connectivity index (χ4n) is 4.20. The Kier molecular flexibility index (Phi) is 14.3. The van der Waals surface area contributed by atoms with Gasteiger partial charge in [0.15, 0.2) is 0 Å². The van der Waals surface area contributed by atoms with Crippen molar-refractivity contribution < 1.29 is 39.1 Å². The highest BCUT2D eigenvalue weighted by molar-refractivity contribution is 4.80. The lowest BCUT2D eigenvalue weighted by atomic mass is 9.82. The Morgan fingerprint density at radius 2 is 0.872 bits per heavy atom. The van der Waals surface area contributed by atoms with Crippen molar-refractivity contribution >= 4 is 0 Å². The molecule has 8 heteroatoms. The average molecular weight is 563 g/mol. The summed E-state index contributed by atoms with van der Waals surface area (Å²) in [6, 6.07) is 0. The number of hydrogen-bond acceptors (Lipinski definition) is 8. The summed E-state index contributed by atoms with van der Waals surface area (Å²) in [5.41, 5.74) is -1.43. The van der Waals surface area contributed by atoms with Gasteiger partial charge in [0, 0.05) is 25.7 Å². The molecule has 2 fully saturated rings. The zero-order valence-electron chi connectivity index (χ0n) is 27.6. The Balaban J connectivity index is 0.000000395. The van der Waals surface area contributed by atoms with Gasteiger partial charge in [-0.1, -0.05) is 32.6 Å². The van der Waals surface area contributed by atoms with Crippen LogP contribution in [0.15, 0.2) is 0 Å². The maximum Gasteiger partial charge on any atom is 0.234 e. The number of hydrogen-bond donors (Lipinski definition) is 0. The molecule has 0 saturated heterocycles. The predicted octanol–water partition coefficient (Wildman–Crippen LogP) is 9.31. The molecule has 2 aliphatic rings. The summed E-state index contributed by atoms with van der Waals surface area (Å²) in [5.74, 6) is -0.923. The van der Waals surface area contributed by atoms with Crippen molar-refractivity contribution in [2.75, 3.05) is 0 Å². The third kappa shape index (κ3) is 17.3. The first-order valence-corrected chi connectivity index (χ1v) is 15.1. The van der Waals surface area contributed by atoms with Crippen molar-refractivity contribution in [2.45, 2.75) is 195 Å². The number of rotatable bonds is 10. The second-order valence-electron chi connectivity index (χ2n) is 15.2. The van der Waals surface area contributed by atoms with E-state index in [1.165, 1.54) is 25.7 Å². The lowest BCUT2D eigenvalue weighted by molar-refractivity contribution is -0.547. The Morgan fingerprint density at radius 1 is 0.513 bits per heavy atom. The molecule has 0 radical (unpaired) electrons. The Morgan fingerprint density at radius 3 is 1.23 bits per heavy atom. The van der Waals surface area contributed by atoms with Crippen molar-refractivity contribution in [2.24, 2.45) is 5.92 Å². The van der Waals surface area contributed by atoms with E-state index >= 15 is 0 Å². The van der Waals surface area contributed by atoms with Gasteiger partial charge in [0.2, 0.25) is 11.6 Å². The van der Waals surface area contributed by atoms with Gasteiger partial charge in [-0.2, -0.15) is 19.6 Å². The minimum Gasteiger partial charge on any atom is -0.228 e. The summed E-state index contributed by atoms with van der Waals surface area (Å²) in [4.78, 5) is 44.7. The fourth-order valence-corrected chi connectivity index (χ4v) is 4.20. The predicted molar refractivity (Wildman–Crippen MR) is 153 cm³/mol. The first-order valence-electron chi connectivity index (χ1n) is 15.1.